The molecule has 10 heteroatoms. The highest BCUT2D eigenvalue weighted by atomic mass is 32.1. The SMILES string of the molecule is CCNC(=NCC(=O)Nc1cccc(F)c1)NC(C)c1nc(C)c(C(=O)OCC)s1. The molecule has 3 N–H and O–H groups in total. The number of ether oxygens (including phenoxy) is 1. The Hall–Kier alpha value is -3.01. The van der Waals surface area contributed by atoms with E-state index in [0.29, 0.717) is 40.4 Å². The highest BCUT2D eigenvalue weighted by molar-refractivity contribution is 7.13. The van der Waals surface area contributed by atoms with Gasteiger partial charge in [0.1, 0.15) is 22.2 Å². The van der Waals surface area contributed by atoms with Gasteiger partial charge in [-0.05, 0) is 45.9 Å². The monoisotopic (exact) mass is 435 g/mol. The van der Waals surface area contributed by atoms with Gasteiger partial charge in [0.25, 0.3) is 0 Å². The number of aliphatic imine (C=N–C) groups is 1. The first kappa shape index (κ1) is 23.3. The van der Waals surface area contributed by atoms with Crippen molar-refractivity contribution in [2.45, 2.75) is 33.7 Å². The molecule has 1 unspecified atom stereocenters. The van der Waals surface area contributed by atoms with Crippen LogP contribution in [0.2, 0.25) is 0 Å². The molecular formula is C20H26FN5O3S. The van der Waals surface area contributed by atoms with Gasteiger partial charge in [0, 0.05) is 12.2 Å². The molecule has 1 aromatic heterocycles. The number of amides is 1. The number of carbonyl (C=O) groups excluding carboxylic acids is 2. The Morgan fingerprint density at radius 3 is 2.77 bits per heavy atom. The Morgan fingerprint density at radius 2 is 2.10 bits per heavy atom. The second-order valence-corrected chi connectivity index (χ2v) is 7.34. The van der Waals surface area contributed by atoms with Crippen LogP contribution in [0.4, 0.5) is 10.1 Å². The fourth-order valence-corrected chi connectivity index (χ4v) is 3.46. The van der Waals surface area contributed by atoms with Gasteiger partial charge in [-0.3, -0.25) is 4.79 Å². The van der Waals surface area contributed by atoms with Crippen molar-refractivity contribution < 1.29 is 18.7 Å². The number of halogens is 1. The van der Waals surface area contributed by atoms with E-state index in [0.717, 1.165) is 0 Å². The number of benzene rings is 1. The Kier molecular flexibility index (Phi) is 8.72. The molecule has 0 saturated carbocycles. The molecule has 0 spiro atoms. The van der Waals surface area contributed by atoms with Crippen molar-refractivity contribution in [3.8, 4) is 0 Å². The van der Waals surface area contributed by atoms with Crippen LogP contribution >= 0.6 is 11.3 Å². The zero-order valence-electron chi connectivity index (χ0n) is 17.4. The number of nitrogens with zero attached hydrogens (tertiary/aromatic N) is 2. The van der Waals surface area contributed by atoms with Crippen molar-refractivity contribution in [1.82, 2.24) is 15.6 Å². The van der Waals surface area contributed by atoms with E-state index in [1.165, 1.54) is 29.5 Å². The minimum atomic E-state index is -0.430. The number of guanidine groups is 1. The summed E-state index contributed by atoms with van der Waals surface area (Å²) < 4.78 is 18.3. The zero-order valence-corrected chi connectivity index (χ0v) is 18.2. The van der Waals surface area contributed by atoms with Gasteiger partial charge in [-0.1, -0.05) is 6.07 Å². The van der Waals surface area contributed by atoms with Gasteiger partial charge >= 0.3 is 5.97 Å². The molecular weight excluding hydrogens is 409 g/mol. The molecule has 2 aromatic rings. The molecule has 1 amide bonds. The van der Waals surface area contributed by atoms with Gasteiger partial charge in [0.2, 0.25) is 5.91 Å². The fourth-order valence-electron chi connectivity index (χ4n) is 2.49. The number of rotatable bonds is 8. The lowest BCUT2D eigenvalue weighted by Gasteiger charge is -2.16. The van der Waals surface area contributed by atoms with Gasteiger partial charge in [0.05, 0.1) is 18.3 Å². The van der Waals surface area contributed by atoms with Gasteiger partial charge in [-0.15, -0.1) is 11.3 Å². The van der Waals surface area contributed by atoms with Crippen LogP contribution in [-0.2, 0) is 9.53 Å². The van der Waals surface area contributed by atoms with Crippen LogP contribution in [0, 0.1) is 12.7 Å². The molecule has 8 nitrogen and oxygen atoms in total. The average molecular weight is 436 g/mol. The van der Waals surface area contributed by atoms with Gasteiger partial charge < -0.3 is 20.7 Å². The average Bonchev–Trinajstić information content (AvgIpc) is 3.08. The second-order valence-electron chi connectivity index (χ2n) is 6.31. The number of hydrogen-bond acceptors (Lipinski definition) is 6. The molecule has 0 aliphatic rings. The number of aryl methyl sites for hydroxylation is 1. The lowest BCUT2D eigenvalue weighted by Crippen LogP contribution is -2.39. The Balaban J connectivity index is 2.02. The zero-order chi connectivity index (χ0) is 22.1. The summed E-state index contributed by atoms with van der Waals surface area (Å²) in [6.45, 7) is 8.04. The summed E-state index contributed by atoms with van der Waals surface area (Å²) in [6, 6.07) is 5.40. The van der Waals surface area contributed by atoms with Gasteiger partial charge in [0.15, 0.2) is 5.96 Å². The first-order valence-electron chi connectivity index (χ1n) is 9.58. The maximum absolute atomic E-state index is 13.2. The molecule has 0 saturated heterocycles. The molecule has 162 valence electrons. The quantitative estimate of drug-likeness (QED) is 0.334. The predicted octanol–water partition coefficient (Wildman–Crippen LogP) is 3.02. The molecule has 30 heavy (non-hydrogen) atoms. The Bertz CT molecular complexity index is 916. The van der Waals surface area contributed by atoms with Gasteiger partial charge in [-0.2, -0.15) is 0 Å². The van der Waals surface area contributed by atoms with E-state index < -0.39 is 5.82 Å². The van der Waals surface area contributed by atoms with Crippen LogP contribution in [0.3, 0.4) is 0 Å². The van der Waals surface area contributed by atoms with E-state index in [-0.39, 0.29) is 24.5 Å². The number of hydrogen-bond donors (Lipinski definition) is 3. The van der Waals surface area contributed by atoms with E-state index in [2.05, 4.69) is 25.9 Å². The first-order chi connectivity index (χ1) is 14.3. The lowest BCUT2D eigenvalue weighted by atomic mass is 10.3. The number of nitrogens with one attached hydrogen (secondary N) is 3. The summed E-state index contributed by atoms with van der Waals surface area (Å²) in [6.07, 6.45) is 0. The van der Waals surface area contributed by atoms with Crippen LogP contribution in [0.1, 0.15) is 47.2 Å². The van der Waals surface area contributed by atoms with Gasteiger partial charge in [-0.25, -0.2) is 19.2 Å². The number of aromatic nitrogens is 1. The molecule has 2 rings (SSSR count). The van der Waals surface area contributed by atoms with Crippen molar-refractivity contribution in [2.24, 2.45) is 4.99 Å². The number of esters is 1. The topological polar surface area (TPSA) is 105 Å². The fraction of sp³-hybridized carbons (Fsp3) is 0.400. The van der Waals surface area contributed by atoms with E-state index in [4.69, 9.17) is 4.74 Å². The van der Waals surface area contributed by atoms with Crippen molar-refractivity contribution in [3.05, 3.63) is 45.7 Å². The minimum absolute atomic E-state index is 0.149. The second kappa shape index (κ2) is 11.2. The normalized spacial score (nSPS) is 12.2. The van der Waals surface area contributed by atoms with Crippen molar-refractivity contribution in [3.63, 3.8) is 0 Å². The predicted molar refractivity (Wildman–Crippen MR) is 115 cm³/mol. The molecule has 1 heterocycles. The Labute approximate surface area is 179 Å². The lowest BCUT2D eigenvalue weighted by molar-refractivity contribution is -0.114. The molecule has 0 radical (unpaired) electrons. The van der Waals surface area contributed by atoms with Crippen LogP contribution < -0.4 is 16.0 Å². The summed E-state index contributed by atoms with van der Waals surface area (Å²) in [4.78, 5) is 33.3. The van der Waals surface area contributed by atoms with Crippen molar-refractivity contribution in [2.75, 3.05) is 25.0 Å². The largest absolute Gasteiger partial charge is 0.462 e. The molecule has 0 bridgehead atoms. The number of carbonyl (C=O) groups is 2. The first-order valence-corrected chi connectivity index (χ1v) is 10.4. The molecule has 1 aromatic carbocycles. The summed E-state index contributed by atoms with van der Waals surface area (Å²) in [5.74, 6) is -0.772. The molecule has 0 fully saturated rings. The summed E-state index contributed by atoms with van der Waals surface area (Å²) in [5, 5.41) is 9.53. The van der Waals surface area contributed by atoms with E-state index in [1.54, 1.807) is 19.9 Å². The summed E-state index contributed by atoms with van der Waals surface area (Å²) in [5.41, 5.74) is 0.977. The van der Waals surface area contributed by atoms with E-state index >= 15 is 0 Å². The maximum atomic E-state index is 13.2. The van der Waals surface area contributed by atoms with Crippen molar-refractivity contribution >= 4 is 34.9 Å². The van der Waals surface area contributed by atoms with Crippen LogP contribution in [-0.4, -0.2) is 42.5 Å². The molecule has 0 aliphatic heterocycles. The van der Waals surface area contributed by atoms with Crippen molar-refractivity contribution in [1.29, 1.82) is 0 Å². The number of thiazole rings is 1. The Morgan fingerprint density at radius 1 is 1.33 bits per heavy atom. The smallest absolute Gasteiger partial charge is 0.350 e. The van der Waals surface area contributed by atoms with E-state index in [1.807, 2.05) is 13.8 Å². The highest BCUT2D eigenvalue weighted by Gasteiger charge is 2.20. The number of anilines is 1. The van der Waals surface area contributed by atoms with Crippen LogP contribution in [0.25, 0.3) is 0 Å². The van der Waals surface area contributed by atoms with Crippen LogP contribution in [0.5, 0.6) is 0 Å². The third-order valence-electron chi connectivity index (χ3n) is 3.83. The maximum Gasteiger partial charge on any atom is 0.350 e. The van der Waals surface area contributed by atoms with Crippen LogP contribution in [0.15, 0.2) is 29.3 Å². The summed E-state index contributed by atoms with van der Waals surface area (Å²) in [7, 11) is 0. The minimum Gasteiger partial charge on any atom is -0.462 e. The molecule has 0 aliphatic carbocycles. The third kappa shape index (κ3) is 6.80. The van der Waals surface area contributed by atoms with E-state index in [9.17, 15) is 14.0 Å². The highest BCUT2D eigenvalue weighted by Crippen LogP contribution is 2.24. The summed E-state index contributed by atoms with van der Waals surface area (Å²) >= 11 is 1.26. The molecule has 1 atom stereocenters. The standard InChI is InChI=1S/C20H26FN5O3S/c1-5-22-20(23-11-16(27)26-15-9-7-8-14(21)10-15)25-13(4)18-24-12(3)17(30-18)19(28)29-6-2/h7-10,13H,5-6,11H2,1-4H3,(H,26,27)(H2,22,23,25). The third-order valence-corrected chi connectivity index (χ3v) is 5.15.